The summed E-state index contributed by atoms with van der Waals surface area (Å²) in [6.07, 6.45) is 2.19. The van der Waals surface area contributed by atoms with Crippen LogP contribution in [-0.4, -0.2) is 93.0 Å². The van der Waals surface area contributed by atoms with E-state index in [1.807, 2.05) is 6.07 Å². The number of ether oxygens (including phenoxy) is 1. The molecule has 3 aromatic rings. The first-order valence-electron chi connectivity index (χ1n) is 22.6. The van der Waals surface area contributed by atoms with E-state index in [0.29, 0.717) is 28.2 Å². The number of nitrogens with zero attached hydrogens (tertiary/aromatic N) is 3. The van der Waals surface area contributed by atoms with Crippen LogP contribution in [0.1, 0.15) is 127 Å². The fourth-order valence-corrected chi connectivity index (χ4v) is 9.06. The van der Waals surface area contributed by atoms with Crippen molar-refractivity contribution in [2.24, 2.45) is 0 Å². The van der Waals surface area contributed by atoms with E-state index in [0.717, 1.165) is 74.5 Å². The molecule has 1 spiro atoms. The van der Waals surface area contributed by atoms with E-state index in [4.69, 9.17) is 4.74 Å². The van der Waals surface area contributed by atoms with E-state index in [2.05, 4.69) is 16.0 Å². The zero-order valence-corrected chi connectivity index (χ0v) is 37.2. The lowest BCUT2D eigenvalue weighted by Gasteiger charge is -2.31. The molecular formula is C48H50F4N6O10. The van der Waals surface area contributed by atoms with Gasteiger partial charge in [0.1, 0.15) is 24.4 Å². The van der Waals surface area contributed by atoms with Crippen LogP contribution in [0.15, 0.2) is 60.7 Å². The van der Waals surface area contributed by atoms with Crippen molar-refractivity contribution < 1.29 is 65.4 Å². The van der Waals surface area contributed by atoms with Gasteiger partial charge in [0.25, 0.3) is 17.7 Å². The maximum absolute atomic E-state index is 13.8. The zero-order chi connectivity index (χ0) is 48.9. The van der Waals surface area contributed by atoms with Crippen LogP contribution in [0.25, 0.3) is 0 Å². The molecule has 1 unspecified atom stereocenters. The van der Waals surface area contributed by atoms with E-state index in [1.165, 1.54) is 24.3 Å². The number of anilines is 1. The van der Waals surface area contributed by atoms with Crippen LogP contribution < -0.4 is 16.0 Å². The minimum Gasteiger partial charge on any atom is -0.427 e. The number of benzene rings is 3. The lowest BCUT2D eigenvalue weighted by atomic mass is 9.94. The van der Waals surface area contributed by atoms with Crippen molar-refractivity contribution in [3.05, 3.63) is 99.9 Å². The van der Waals surface area contributed by atoms with Gasteiger partial charge in [-0.2, -0.15) is 13.2 Å². The van der Waals surface area contributed by atoms with Gasteiger partial charge in [0.15, 0.2) is 0 Å². The minimum absolute atomic E-state index is 0.0220. The maximum atomic E-state index is 13.8. The molecule has 3 atom stereocenters. The fraction of sp³-hybridized carbons (Fsp3) is 0.438. The second kappa shape index (κ2) is 20.5. The first-order valence-corrected chi connectivity index (χ1v) is 22.6. The molecule has 0 radical (unpaired) electrons. The Labute approximate surface area is 388 Å². The molecule has 3 N–H and O–H groups in total. The second-order valence-corrected chi connectivity index (χ2v) is 17.5. The van der Waals surface area contributed by atoms with Crippen molar-refractivity contribution in [3.8, 4) is 0 Å². The number of fused-ring (bicyclic) bond motifs is 3. The summed E-state index contributed by atoms with van der Waals surface area (Å²) in [6.45, 7) is -0.832. The monoisotopic (exact) mass is 946 g/mol. The van der Waals surface area contributed by atoms with E-state index in [1.54, 1.807) is 18.2 Å². The molecule has 2 saturated heterocycles. The van der Waals surface area contributed by atoms with Gasteiger partial charge in [-0.25, -0.2) is 18.9 Å². The van der Waals surface area contributed by atoms with Crippen molar-refractivity contribution in [2.45, 2.75) is 127 Å². The summed E-state index contributed by atoms with van der Waals surface area (Å²) in [6, 6.07) is 10.0. The van der Waals surface area contributed by atoms with E-state index < -0.39 is 96.2 Å². The molecule has 0 bridgehead atoms. The lowest BCUT2D eigenvalue weighted by Crippen LogP contribution is -2.54. The number of amides is 10. The topological polar surface area (TPSA) is 209 Å². The molecular weight excluding hydrogens is 897 g/mol. The Morgan fingerprint density at radius 1 is 0.838 bits per heavy atom. The number of unbranched alkanes of at least 4 members (excludes halogenated alkanes) is 7. The number of hydrogen-bond acceptors (Lipinski definition) is 10. The number of urea groups is 1. The van der Waals surface area contributed by atoms with Crippen LogP contribution >= 0.6 is 0 Å². The number of nitrogens with one attached hydrogen (secondary N) is 3. The SMILES string of the molecule is C[C@H](N(Cc1ccc(F)cc1)C(=O)CN1C(=O)O[C@@]2(CCc3cc(NC(=O)NC(=O)CCCCCCCCCCc4ccc5c(c4)C(=O)N(C4CCC(=O)NC4=O)C5=O)ccc32)C1=O)C(F)(F)F. The first kappa shape index (κ1) is 48.9. The third-order valence-corrected chi connectivity index (χ3v) is 12.8. The van der Waals surface area contributed by atoms with Crippen molar-refractivity contribution in [3.63, 3.8) is 0 Å². The van der Waals surface area contributed by atoms with E-state index in [-0.39, 0.29) is 60.0 Å². The Morgan fingerprint density at radius 2 is 1.50 bits per heavy atom. The molecule has 10 amide bonds. The summed E-state index contributed by atoms with van der Waals surface area (Å²) in [5, 5.41) is 7.07. The number of alkyl halides is 3. The molecule has 4 aliphatic rings. The van der Waals surface area contributed by atoms with Crippen molar-refractivity contribution in [1.29, 1.82) is 0 Å². The molecule has 68 heavy (non-hydrogen) atoms. The molecule has 7 rings (SSSR count). The van der Waals surface area contributed by atoms with Crippen molar-refractivity contribution in [1.82, 2.24) is 25.3 Å². The number of imide groups is 4. The summed E-state index contributed by atoms with van der Waals surface area (Å²) in [5.74, 6) is -5.33. The fourth-order valence-electron chi connectivity index (χ4n) is 9.06. The molecule has 3 aromatic carbocycles. The molecule has 3 aliphatic heterocycles. The summed E-state index contributed by atoms with van der Waals surface area (Å²) in [4.78, 5) is 117. The summed E-state index contributed by atoms with van der Waals surface area (Å²) in [5.41, 5.74) is 0.905. The summed E-state index contributed by atoms with van der Waals surface area (Å²) in [7, 11) is 0. The van der Waals surface area contributed by atoms with E-state index in [9.17, 15) is 60.7 Å². The molecule has 16 nitrogen and oxygen atoms in total. The minimum atomic E-state index is -4.85. The van der Waals surface area contributed by atoms with Gasteiger partial charge in [-0.1, -0.05) is 62.8 Å². The molecule has 0 saturated carbocycles. The predicted octanol–water partition coefficient (Wildman–Crippen LogP) is 6.73. The third-order valence-electron chi connectivity index (χ3n) is 12.8. The van der Waals surface area contributed by atoms with Crippen LogP contribution in [0, 0.1) is 5.82 Å². The van der Waals surface area contributed by atoms with Crippen LogP contribution in [-0.2, 0) is 53.7 Å². The van der Waals surface area contributed by atoms with Crippen molar-refractivity contribution in [2.75, 3.05) is 11.9 Å². The van der Waals surface area contributed by atoms with Crippen LogP contribution in [0.5, 0.6) is 0 Å². The number of hydrogen-bond donors (Lipinski definition) is 3. The van der Waals surface area contributed by atoms with Gasteiger partial charge in [0, 0.05) is 37.1 Å². The Bertz CT molecular complexity index is 2530. The number of halogens is 4. The van der Waals surface area contributed by atoms with Gasteiger partial charge in [-0.3, -0.25) is 49.1 Å². The maximum Gasteiger partial charge on any atom is 0.418 e. The standard InChI is InChI=1S/C48H50F4N6O10/c1-28(48(50,51)52)56(26-30-12-15-32(49)16-13-30)40(61)27-57-44(65)47(68-46(57)67)23-22-31-25-33(17-19-36(31)47)53-45(66)55-38(59)11-9-7-5-3-2-4-6-8-10-29-14-18-34-35(24-29)43(64)58(42(34)63)37-20-21-39(60)54-41(37)62/h12-19,24-25,28,37H,2-11,20-23,26-27H2,1H3,(H,54,60,62)(H2,53,55,59,66)/t28-,37?,47+/m0/s1. The largest absolute Gasteiger partial charge is 0.427 e. The number of carbonyl (C=O) groups is 9. The smallest absolute Gasteiger partial charge is 0.418 e. The highest BCUT2D eigenvalue weighted by atomic mass is 19.4. The average molecular weight is 947 g/mol. The highest BCUT2D eigenvalue weighted by molar-refractivity contribution is 6.23. The van der Waals surface area contributed by atoms with Gasteiger partial charge in [0.05, 0.1) is 11.1 Å². The van der Waals surface area contributed by atoms with Crippen LogP contribution in [0.3, 0.4) is 0 Å². The predicted molar refractivity (Wildman–Crippen MR) is 233 cm³/mol. The first-order chi connectivity index (χ1) is 32.4. The van der Waals surface area contributed by atoms with Gasteiger partial charge in [-0.15, -0.1) is 0 Å². The Kier molecular flexibility index (Phi) is 14.7. The Balaban J connectivity index is 0.790. The molecule has 0 aromatic heterocycles. The van der Waals surface area contributed by atoms with E-state index >= 15 is 0 Å². The second-order valence-electron chi connectivity index (χ2n) is 17.5. The number of rotatable bonds is 18. The quantitative estimate of drug-likeness (QED) is 0.0696. The lowest BCUT2D eigenvalue weighted by molar-refractivity contribution is -0.187. The molecule has 2 fully saturated rings. The van der Waals surface area contributed by atoms with Gasteiger partial charge < -0.3 is 15.0 Å². The van der Waals surface area contributed by atoms with Crippen LogP contribution in [0.4, 0.5) is 32.8 Å². The Hall–Kier alpha value is -6.99. The van der Waals surface area contributed by atoms with Gasteiger partial charge >= 0.3 is 18.3 Å². The Morgan fingerprint density at radius 3 is 2.19 bits per heavy atom. The molecule has 20 heteroatoms. The average Bonchev–Trinajstić information content (AvgIpc) is 3.86. The van der Waals surface area contributed by atoms with Crippen molar-refractivity contribution >= 4 is 59.2 Å². The van der Waals surface area contributed by atoms with Gasteiger partial charge in [0.2, 0.25) is 29.2 Å². The number of aryl methyl sites for hydroxylation is 2. The highest BCUT2D eigenvalue weighted by Gasteiger charge is 2.59. The zero-order valence-electron chi connectivity index (χ0n) is 37.2. The summed E-state index contributed by atoms with van der Waals surface area (Å²) < 4.78 is 60.4. The highest BCUT2D eigenvalue weighted by Crippen LogP contribution is 2.46. The molecule has 1 aliphatic carbocycles. The summed E-state index contributed by atoms with van der Waals surface area (Å²) >= 11 is 0. The molecule has 360 valence electrons. The van der Waals surface area contributed by atoms with Gasteiger partial charge in [-0.05, 0) is 92.1 Å². The number of piperidine rings is 1. The molecule has 3 heterocycles. The number of carbonyl (C=O) groups excluding carboxylic acids is 9. The van der Waals surface area contributed by atoms with Crippen LogP contribution in [0.2, 0.25) is 0 Å². The normalized spacial score (nSPS) is 19.2. The third kappa shape index (κ3) is 10.7.